The molecule has 0 aliphatic heterocycles. The molecule has 3 heteroatoms. The average molecular weight is 393 g/mol. The van der Waals surface area contributed by atoms with Gasteiger partial charge in [-0.2, -0.15) is 0 Å². The van der Waals surface area contributed by atoms with Crippen LogP contribution in [0.5, 0.6) is 5.75 Å². The van der Waals surface area contributed by atoms with Crippen LogP contribution in [0.3, 0.4) is 0 Å². The molecule has 0 saturated heterocycles. The Balaban J connectivity index is 1.73. The maximum absolute atomic E-state index is 14.8. The van der Waals surface area contributed by atoms with E-state index < -0.39 is 0 Å². The Bertz CT molecular complexity index is 901. The first kappa shape index (κ1) is 21.1. The molecule has 3 aromatic rings. The van der Waals surface area contributed by atoms with Crippen LogP contribution in [-0.2, 0) is 6.42 Å². The summed E-state index contributed by atoms with van der Waals surface area (Å²) in [6, 6.07) is 21.2. The van der Waals surface area contributed by atoms with Gasteiger partial charge in [0.15, 0.2) is 0 Å². The number of halogens is 1. The van der Waals surface area contributed by atoms with Gasteiger partial charge in [-0.3, -0.25) is 0 Å². The molecule has 0 unspecified atom stereocenters. The molecule has 0 aliphatic rings. The van der Waals surface area contributed by atoms with Crippen LogP contribution in [0.4, 0.5) is 4.39 Å². The minimum atomic E-state index is -0.236. The lowest BCUT2D eigenvalue weighted by molar-refractivity contribution is 0.233. The standard InChI is InChI=1S/C26H29FO2/c1-3-19(2)17-20-5-7-21(8-6-20)23-11-14-25(26(27)18-23)22-9-12-24(13-10-22)29-16-4-15-28/h5-14,18-19,28H,3-4,15-17H2,1-2H3/t19-/m0/s1. The third kappa shape index (κ3) is 5.68. The van der Waals surface area contributed by atoms with Crippen LogP contribution in [0.15, 0.2) is 66.7 Å². The molecular formula is C26H29FO2. The topological polar surface area (TPSA) is 29.5 Å². The Morgan fingerprint density at radius 3 is 2.17 bits per heavy atom. The Labute approximate surface area is 173 Å². The van der Waals surface area contributed by atoms with E-state index in [2.05, 4.69) is 38.1 Å². The third-order valence-corrected chi connectivity index (χ3v) is 5.27. The molecule has 152 valence electrons. The number of benzene rings is 3. The monoisotopic (exact) mass is 392 g/mol. The van der Waals surface area contributed by atoms with Crippen LogP contribution < -0.4 is 4.74 Å². The number of aliphatic hydroxyl groups excluding tert-OH is 1. The average Bonchev–Trinajstić information content (AvgIpc) is 2.75. The zero-order chi connectivity index (χ0) is 20.6. The van der Waals surface area contributed by atoms with E-state index in [1.54, 1.807) is 6.07 Å². The van der Waals surface area contributed by atoms with Gasteiger partial charge in [0.25, 0.3) is 0 Å². The van der Waals surface area contributed by atoms with E-state index in [1.807, 2.05) is 36.4 Å². The van der Waals surface area contributed by atoms with Gasteiger partial charge in [0.05, 0.1) is 6.61 Å². The van der Waals surface area contributed by atoms with Crippen molar-refractivity contribution >= 4 is 0 Å². The second-order valence-electron chi connectivity index (χ2n) is 7.56. The predicted molar refractivity (Wildman–Crippen MR) is 118 cm³/mol. The second kappa shape index (κ2) is 10.2. The van der Waals surface area contributed by atoms with Crippen LogP contribution in [0, 0.1) is 11.7 Å². The van der Waals surface area contributed by atoms with Crippen molar-refractivity contribution in [2.24, 2.45) is 5.92 Å². The fourth-order valence-corrected chi connectivity index (χ4v) is 3.29. The van der Waals surface area contributed by atoms with Gasteiger partial charge in [0.2, 0.25) is 0 Å². The van der Waals surface area contributed by atoms with Crippen molar-refractivity contribution in [3.05, 3.63) is 78.1 Å². The number of hydrogen-bond donors (Lipinski definition) is 1. The summed E-state index contributed by atoms with van der Waals surface area (Å²) < 4.78 is 20.3. The quantitative estimate of drug-likeness (QED) is 0.421. The molecule has 0 spiro atoms. The zero-order valence-electron chi connectivity index (χ0n) is 17.2. The van der Waals surface area contributed by atoms with Gasteiger partial charge in [-0.05, 0) is 52.8 Å². The fourth-order valence-electron chi connectivity index (χ4n) is 3.29. The highest BCUT2D eigenvalue weighted by molar-refractivity contribution is 5.71. The van der Waals surface area contributed by atoms with Crippen molar-refractivity contribution in [3.8, 4) is 28.0 Å². The van der Waals surface area contributed by atoms with Crippen molar-refractivity contribution in [1.29, 1.82) is 0 Å². The number of ether oxygens (including phenoxy) is 1. The van der Waals surface area contributed by atoms with Gasteiger partial charge in [-0.25, -0.2) is 4.39 Å². The summed E-state index contributed by atoms with van der Waals surface area (Å²) in [5.74, 6) is 1.15. The van der Waals surface area contributed by atoms with Crippen LogP contribution in [-0.4, -0.2) is 18.3 Å². The molecule has 0 heterocycles. The number of rotatable bonds is 9. The molecular weight excluding hydrogens is 363 g/mol. The summed E-state index contributed by atoms with van der Waals surface area (Å²) >= 11 is 0. The van der Waals surface area contributed by atoms with Gasteiger partial charge < -0.3 is 9.84 Å². The minimum Gasteiger partial charge on any atom is -0.494 e. The van der Waals surface area contributed by atoms with Gasteiger partial charge in [-0.1, -0.05) is 68.8 Å². The first-order valence-corrected chi connectivity index (χ1v) is 10.3. The molecule has 0 amide bonds. The smallest absolute Gasteiger partial charge is 0.131 e. The lowest BCUT2D eigenvalue weighted by atomic mass is 9.95. The first-order chi connectivity index (χ1) is 14.1. The fraction of sp³-hybridized carbons (Fsp3) is 0.308. The SMILES string of the molecule is CC[C@H](C)Cc1ccc(-c2ccc(-c3ccc(OCCCO)cc3)c(F)c2)cc1. The maximum Gasteiger partial charge on any atom is 0.131 e. The highest BCUT2D eigenvalue weighted by atomic mass is 19.1. The molecule has 0 bridgehead atoms. The molecule has 29 heavy (non-hydrogen) atoms. The van der Waals surface area contributed by atoms with E-state index in [0.29, 0.717) is 24.5 Å². The van der Waals surface area contributed by atoms with Crippen LogP contribution in [0.25, 0.3) is 22.3 Å². The Morgan fingerprint density at radius 1 is 0.897 bits per heavy atom. The number of hydrogen-bond acceptors (Lipinski definition) is 2. The Morgan fingerprint density at radius 2 is 1.55 bits per heavy atom. The summed E-state index contributed by atoms with van der Waals surface area (Å²) in [5.41, 5.74) is 4.61. The van der Waals surface area contributed by atoms with Gasteiger partial charge in [-0.15, -0.1) is 0 Å². The predicted octanol–water partition coefficient (Wildman–Crippen LogP) is 6.51. The molecule has 2 nitrogen and oxygen atoms in total. The largest absolute Gasteiger partial charge is 0.494 e. The van der Waals surface area contributed by atoms with E-state index in [4.69, 9.17) is 9.84 Å². The molecule has 1 atom stereocenters. The molecule has 0 aromatic heterocycles. The van der Waals surface area contributed by atoms with Crippen molar-refractivity contribution in [2.75, 3.05) is 13.2 Å². The first-order valence-electron chi connectivity index (χ1n) is 10.3. The summed E-state index contributed by atoms with van der Waals surface area (Å²) in [5, 5.41) is 8.81. The van der Waals surface area contributed by atoms with E-state index >= 15 is 0 Å². The van der Waals surface area contributed by atoms with Gasteiger partial charge in [0.1, 0.15) is 11.6 Å². The van der Waals surface area contributed by atoms with Crippen LogP contribution in [0.1, 0.15) is 32.3 Å². The Kier molecular flexibility index (Phi) is 7.42. The lowest BCUT2D eigenvalue weighted by Crippen LogP contribution is -1.99. The molecule has 0 aliphatic carbocycles. The van der Waals surface area contributed by atoms with Crippen molar-refractivity contribution in [2.45, 2.75) is 33.1 Å². The minimum absolute atomic E-state index is 0.107. The molecule has 0 radical (unpaired) electrons. The normalized spacial score (nSPS) is 12.0. The summed E-state index contributed by atoms with van der Waals surface area (Å²) in [6.45, 7) is 5.04. The molecule has 0 saturated carbocycles. The van der Waals surface area contributed by atoms with E-state index in [-0.39, 0.29) is 12.4 Å². The van der Waals surface area contributed by atoms with E-state index in [1.165, 1.54) is 12.0 Å². The lowest BCUT2D eigenvalue weighted by Gasteiger charge is -2.11. The summed E-state index contributed by atoms with van der Waals surface area (Å²) in [7, 11) is 0. The molecule has 3 aromatic carbocycles. The molecule has 3 rings (SSSR count). The van der Waals surface area contributed by atoms with Gasteiger partial charge in [0, 0.05) is 18.6 Å². The van der Waals surface area contributed by atoms with E-state index in [9.17, 15) is 4.39 Å². The van der Waals surface area contributed by atoms with E-state index in [0.717, 1.165) is 28.9 Å². The number of aliphatic hydroxyl groups is 1. The highest BCUT2D eigenvalue weighted by Gasteiger charge is 2.09. The van der Waals surface area contributed by atoms with Crippen LogP contribution in [0.2, 0.25) is 0 Å². The second-order valence-corrected chi connectivity index (χ2v) is 7.56. The van der Waals surface area contributed by atoms with Crippen LogP contribution >= 0.6 is 0 Å². The summed E-state index contributed by atoms with van der Waals surface area (Å²) in [4.78, 5) is 0. The Hall–Kier alpha value is -2.65. The van der Waals surface area contributed by atoms with Gasteiger partial charge >= 0.3 is 0 Å². The van der Waals surface area contributed by atoms with Crippen molar-refractivity contribution in [1.82, 2.24) is 0 Å². The third-order valence-electron chi connectivity index (χ3n) is 5.27. The molecule has 1 N–H and O–H groups in total. The highest BCUT2D eigenvalue weighted by Crippen LogP contribution is 2.29. The maximum atomic E-state index is 14.8. The van der Waals surface area contributed by atoms with Crippen molar-refractivity contribution < 1.29 is 14.2 Å². The summed E-state index contributed by atoms with van der Waals surface area (Å²) in [6.07, 6.45) is 2.84. The molecule has 0 fully saturated rings. The zero-order valence-corrected chi connectivity index (χ0v) is 17.2. The van der Waals surface area contributed by atoms with Crippen molar-refractivity contribution in [3.63, 3.8) is 0 Å².